The average molecular weight is 528 g/mol. The van der Waals surface area contributed by atoms with Crippen molar-refractivity contribution in [1.29, 1.82) is 0 Å². The summed E-state index contributed by atoms with van der Waals surface area (Å²) >= 11 is 17.7. The Morgan fingerprint density at radius 3 is 2.06 bits per heavy atom. The first-order valence-electron chi connectivity index (χ1n) is 11.0. The van der Waals surface area contributed by atoms with Crippen molar-refractivity contribution in [2.24, 2.45) is 0 Å². The number of hydrogen-bond acceptors (Lipinski definition) is 5. The number of aliphatic hydroxyl groups is 1. The SMILES string of the molecule is O=C(COc1ccc(Cl)cc1)NC12CCC(NC(=O)COc3ccc(Cl)c(Cl)c3)(CC1)[C@H](O)C2. The maximum atomic E-state index is 12.6. The Hall–Kier alpha value is -2.19. The summed E-state index contributed by atoms with van der Waals surface area (Å²) in [5.74, 6) is 0.391. The van der Waals surface area contributed by atoms with Crippen LogP contribution in [-0.2, 0) is 9.59 Å². The van der Waals surface area contributed by atoms with Crippen LogP contribution >= 0.6 is 34.8 Å². The quantitative estimate of drug-likeness (QED) is 0.479. The van der Waals surface area contributed by atoms with E-state index in [0.29, 0.717) is 58.7 Å². The maximum Gasteiger partial charge on any atom is 0.258 e. The third kappa shape index (κ3) is 5.71. The van der Waals surface area contributed by atoms with Crippen LogP contribution in [0.4, 0.5) is 0 Å². The molecule has 5 rings (SSSR count). The van der Waals surface area contributed by atoms with Gasteiger partial charge in [-0.3, -0.25) is 9.59 Å². The lowest BCUT2D eigenvalue weighted by atomic mass is 9.60. The number of carbonyl (C=O) groups excluding carboxylic acids is 2. The number of benzene rings is 2. The molecule has 0 saturated heterocycles. The van der Waals surface area contributed by atoms with Crippen LogP contribution in [0.15, 0.2) is 42.5 Å². The van der Waals surface area contributed by atoms with E-state index in [1.54, 1.807) is 42.5 Å². The van der Waals surface area contributed by atoms with Crippen LogP contribution in [0, 0.1) is 0 Å². The predicted molar refractivity (Wildman–Crippen MR) is 130 cm³/mol. The second kappa shape index (κ2) is 10.2. The molecule has 0 aromatic heterocycles. The topological polar surface area (TPSA) is 96.9 Å². The standard InChI is InChI=1S/C24H25Cl3N2O5/c25-15-1-3-16(4-2-15)33-13-21(31)28-23-7-9-24(10-8-23,20(30)12-23)29-22(32)14-34-17-5-6-18(26)19(27)11-17/h1-6,11,20,30H,7-10,12-14H2,(H,28,31)(H,29,32)/t20-,23?,24?/m1/s1. The Kier molecular flexibility index (Phi) is 7.48. The van der Waals surface area contributed by atoms with Gasteiger partial charge in [0.25, 0.3) is 11.8 Å². The summed E-state index contributed by atoms with van der Waals surface area (Å²) in [6.07, 6.45) is 1.94. The van der Waals surface area contributed by atoms with Crippen molar-refractivity contribution in [2.45, 2.75) is 49.3 Å². The Morgan fingerprint density at radius 1 is 0.853 bits per heavy atom. The van der Waals surface area contributed by atoms with E-state index < -0.39 is 17.2 Å². The third-order valence-corrected chi connectivity index (χ3v) is 7.55. The second-order valence-electron chi connectivity index (χ2n) is 8.86. The lowest BCUT2D eigenvalue weighted by Crippen LogP contribution is -2.70. The molecule has 10 heteroatoms. The summed E-state index contributed by atoms with van der Waals surface area (Å²) in [5, 5.41) is 18.2. The zero-order chi connectivity index (χ0) is 24.3. The van der Waals surface area contributed by atoms with Crippen LogP contribution in [0.25, 0.3) is 0 Å². The number of amides is 2. The maximum absolute atomic E-state index is 12.6. The van der Waals surface area contributed by atoms with Crippen molar-refractivity contribution in [1.82, 2.24) is 10.6 Å². The summed E-state index contributed by atoms with van der Waals surface area (Å²) in [4.78, 5) is 25.1. The van der Waals surface area contributed by atoms with E-state index in [1.807, 2.05) is 0 Å². The molecular weight excluding hydrogens is 503 g/mol. The van der Waals surface area contributed by atoms with Gasteiger partial charge < -0.3 is 25.2 Å². The Balaban J connectivity index is 1.27. The van der Waals surface area contributed by atoms with E-state index in [9.17, 15) is 14.7 Å². The molecule has 2 aromatic carbocycles. The first kappa shape index (κ1) is 24.9. The smallest absolute Gasteiger partial charge is 0.258 e. The molecule has 3 aliphatic rings. The van der Waals surface area contributed by atoms with Crippen LogP contribution in [0.5, 0.6) is 11.5 Å². The molecule has 0 heterocycles. The van der Waals surface area contributed by atoms with Crippen molar-refractivity contribution < 1.29 is 24.2 Å². The Bertz CT molecular complexity index is 1060. The van der Waals surface area contributed by atoms with E-state index in [4.69, 9.17) is 44.3 Å². The minimum absolute atomic E-state index is 0.132. The Labute approximate surface area is 212 Å². The molecule has 1 atom stereocenters. The van der Waals surface area contributed by atoms with Crippen molar-refractivity contribution in [3.8, 4) is 11.5 Å². The van der Waals surface area contributed by atoms with Gasteiger partial charge >= 0.3 is 0 Å². The fourth-order valence-electron chi connectivity index (χ4n) is 4.70. The summed E-state index contributed by atoms with van der Waals surface area (Å²) < 4.78 is 11.0. The van der Waals surface area contributed by atoms with Gasteiger partial charge in [0.1, 0.15) is 11.5 Å². The summed E-state index contributed by atoms with van der Waals surface area (Å²) in [6, 6.07) is 11.5. The number of carbonyl (C=O) groups is 2. The molecule has 182 valence electrons. The largest absolute Gasteiger partial charge is 0.484 e. The normalized spacial score (nSPS) is 25.5. The highest BCUT2D eigenvalue weighted by Crippen LogP contribution is 2.47. The van der Waals surface area contributed by atoms with Gasteiger partial charge in [-0.25, -0.2) is 0 Å². The number of aliphatic hydroxyl groups excluding tert-OH is 1. The molecule has 2 aromatic rings. The van der Waals surface area contributed by atoms with E-state index in [1.165, 1.54) is 0 Å². The molecular formula is C24H25Cl3N2O5. The highest BCUT2D eigenvalue weighted by atomic mass is 35.5. The lowest BCUT2D eigenvalue weighted by molar-refractivity contribution is -0.137. The summed E-state index contributed by atoms with van der Waals surface area (Å²) in [5.41, 5.74) is -1.24. The van der Waals surface area contributed by atoms with E-state index in [-0.39, 0.29) is 25.0 Å². The molecule has 0 radical (unpaired) electrons. The van der Waals surface area contributed by atoms with Gasteiger partial charge in [0, 0.05) is 16.6 Å². The molecule has 3 N–H and O–H groups in total. The molecule has 3 saturated carbocycles. The highest BCUT2D eigenvalue weighted by molar-refractivity contribution is 6.42. The molecule has 3 fully saturated rings. The fourth-order valence-corrected chi connectivity index (χ4v) is 5.12. The first-order valence-corrected chi connectivity index (χ1v) is 12.1. The van der Waals surface area contributed by atoms with Gasteiger partial charge in [-0.1, -0.05) is 34.8 Å². The molecule has 0 aliphatic heterocycles. The van der Waals surface area contributed by atoms with Crippen LogP contribution in [0.3, 0.4) is 0 Å². The molecule has 34 heavy (non-hydrogen) atoms. The number of rotatable bonds is 8. The van der Waals surface area contributed by atoms with Crippen LogP contribution in [-0.4, -0.2) is 47.3 Å². The highest BCUT2D eigenvalue weighted by Gasteiger charge is 2.55. The van der Waals surface area contributed by atoms with Gasteiger partial charge in [0.2, 0.25) is 0 Å². The van der Waals surface area contributed by atoms with Gasteiger partial charge in [0.15, 0.2) is 13.2 Å². The number of ether oxygens (including phenoxy) is 2. The monoisotopic (exact) mass is 526 g/mol. The number of halogens is 3. The van der Waals surface area contributed by atoms with Crippen molar-refractivity contribution in [2.75, 3.05) is 13.2 Å². The molecule has 3 aliphatic carbocycles. The lowest BCUT2D eigenvalue weighted by Gasteiger charge is -2.56. The molecule has 2 amide bonds. The molecule has 2 bridgehead atoms. The summed E-state index contributed by atoms with van der Waals surface area (Å²) in [7, 11) is 0. The van der Waals surface area contributed by atoms with Gasteiger partial charge in [0.05, 0.1) is 21.7 Å². The van der Waals surface area contributed by atoms with Gasteiger partial charge in [-0.2, -0.15) is 0 Å². The van der Waals surface area contributed by atoms with Crippen LogP contribution < -0.4 is 20.1 Å². The summed E-state index contributed by atoms with van der Waals surface area (Å²) in [6.45, 7) is -0.343. The fraction of sp³-hybridized carbons (Fsp3) is 0.417. The van der Waals surface area contributed by atoms with Gasteiger partial charge in [-0.15, -0.1) is 0 Å². The van der Waals surface area contributed by atoms with E-state index in [0.717, 1.165) is 0 Å². The first-order chi connectivity index (χ1) is 16.2. The molecule has 0 unspecified atom stereocenters. The number of fused-ring (bicyclic) bond motifs is 3. The minimum atomic E-state index is -0.790. The predicted octanol–water partition coefficient (Wildman–Crippen LogP) is 4.15. The van der Waals surface area contributed by atoms with E-state index >= 15 is 0 Å². The van der Waals surface area contributed by atoms with Gasteiger partial charge in [-0.05, 0) is 68.5 Å². The molecule has 0 spiro atoms. The number of nitrogens with one attached hydrogen (secondary N) is 2. The van der Waals surface area contributed by atoms with Crippen molar-refractivity contribution in [3.05, 3.63) is 57.5 Å². The Morgan fingerprint density at radius 2 is 1.44 bits per heavy atom. The minimum Gasteiger partial charge on any atom is -0.484 e. The number of hydrogen-bond donors (Lipinski definition) is 3. The zero-order valence-corrected chi connectivity index (χ0v) is 20.6. The second-order valence-corrected chi connectivity index (χ2v) is 10.1. The van der Waals surface area contributed by atoms with Crippen LogP contribution in [0.1, 0.15) is 32.1 Å². The average Bonchev–Trinajstić information content (AvgIpc) is 2.81. The third-order valence-electron chi connectivity index (χ3n) is 6.56. The zero-order valence-electron chi connectivity index (χ0n) is 18.3. The molecule has 7 nitrogen and oxygen atoms in total. The van der Waals surface area contributed by atoms with Crippen LogP contribution in [0.2, 0.25) is 15.1 Å². The van der Waals surface area contributed by atoms with Crippen molar-refractivity contribution >= 4 is 46.6 Å². The van der Waals surface area contributed by atoms with E-state index in [2.05, 4.69) is 10.6 Å². The van der Waals surface area contributed by atoms with Crippen molar-refractivity contribution in [3.63, 3.8) is 0 Å².